The second-order valence-corrected chi connectivity index (χ2v) is 17.5. The molecule has 0 saturated carbocycles. The molecular formula is C28H44N4O3Si. The molecule has 0 unspecified atom stereocenters. The van der Waals surface area contributed by atoms with Crippen LogP contribution in [0.4, 0.5) is 4.79 Å². The maximum atomic E-state index is 12.7. The van der Waals surface area contributed by atoms with E-state index in [4.69, 9.17) is 14.5 Å². The number of hydrogen-bond donors (Lipinski definition) is 0. The molecule has 0 radical (unpaired) electrons. The highest BCUT2D eigenvalue weighted by molar-refractivity contribution is 6.90. The number of aromatic nitrogens is 3. The van der Waals surface area contributed by atoms with Crippen molar-refractivity contribution in [2.24, 2.45) is 7.05 Å². The van der Waals surface area contributed by atoms with Gasteiger partial charge in [0.25, 0.3) is 0 Å². The molecule has 0 aliphatic carbocycles. The highest BCUT2D eigenvalue weighted by atomic mass is 28.3. The summed E-state index contributed by atoms with van der Waals surface area (Å²) in [4.78, 5) is 23.9. The number of aryl methyl sites for hydroxylation is 1. The van der Waals surface area contributed by atoms with E-state index < -0.39 is 13.7 Å². The zero-order valence-corrected chi connectivity index (χ0v) is 24.8. The molecule has 198 valence electrons. The minimum Gasteiger partial charge on any atom is -0.461 e. The van der Waals surface area contributed by atoms with Crippen molar-refractivity contribution in [1.82, 2.24) is 19.4 Å². The van der Waals surface area contributed by atoms with Crippen molar-refractivity contribution >= 4 is 25.2 Å². The van der Waals surface area contributed by atoms with E-state index >= 15 is 0 Å². The number of likely N-dealkylation sites (tertiary alicyclic amines) is 1. The Morgan fingerprint density at radius 2 is 1.78 bits per heavy atom. The van der Waals surface area contributed by atoms with Gasteiger partial charge >= 0.3 is 12.1 Å². The van der Waals surface area contributed by atoms with Crippen LogP contribution in [0.3, 0.4) is 0 Å². The highest BCUT2D eigenvalue weighted by Gasteiger charge is 2.41. The van der Waals surface area contributed by atoms with Gasteiger partial charge in [-0.25, -0.2) is 4.79 Å². The summed E-state index contributed by atoms with van der Waals surface area (Å²) >= 11 is 0. The third-order valence-corrected chi connectivity index (χ3v) is 13.7. The topological polar surface area (TPSA) is 69.5 Å². The van der Waals surface area contributed by atoms with Gasteiger partial charge in [-0.2, -0.15) is 9.97 Å². The molecule has 36 heavy (non-hydrogen) atoms. The lowest BCUT2D eigenvalue weighted by molar-refractivity contribution is 0.0184. The van der Waals surface area contributed by atoms with E-state index in [1.807, 2.05) is 44.6 Å². The van der Waals surface area contributed by atoms with Crippen molar-refractivity contribution in [3.05, 3.63) is 18.0 Å². The van der Waals surface area contributed by atoms with Crippen LogP contribution < -0.4 is 4.74 Å². The van der Waals surface area contributed by atoms with Crippen LogP contribution in [-0.4, -0.2) is 58.4 Å². The van der Waals surface area contributed by atoms with Crippen molar-refractivity contribution in [2.45, 2.75) is 103 Å². The van der Waals surface area contributed by atoms with E-state index in [0.717, 1.165) is 23.9 Å². The van der Waals surface area contributed by atoms with Gasteiger partial charge in [0.2, 0.25) is 0 Å². The van der Waals surface area contributed by atoms with Gasteiger partial charge in [-0.15, -0.1) is 5.54 Å². The van der Waals surface area contributed by atoms with Gasteiger partial charge in [-0.3, -0.25) is 0 Å². The Morgan fingerprint density at radius 3 is 2.36 bits per heavy atom. The standard InChI is InChI=1S/C28H44N4O3Si/c1-19(2)36(20(3)4,21(5)6)17-14-24-23-13-16-31(10)25(23)30-26(29-24)34-18-22-12-11-15-32(22)27(33)35-28(7,8)9/h13,16,19-22H,11-12,15,18H2,1-10H3/t22-/m0/s1. The number of hydrogen-bond acceptors (Lipinski definition) is 5. The molecule has 0 aromatic carbocycles. The average molecular weight is 513 g/mol. The van der Waals surface area contributed by atoms with E-state index in [0.29, 0.717) is 41.5 Å². The third kappa shape index (κ3) is 5.88. The Balaban J connectivity index is 1.91. The van der Waals surface area contributed by atoms with Crippen molar-refractivity contribution in [2.75, 3.05) is 13.2 Å². The summed E-state index contributed by atoms with van der Waals surface area (Å²) in [5, 5.41) is 0.938. The predicted molar refractivity (Wildman–Crippen MR) is 148 cm³/mol. The zero-order chi connectivity index (χ0) is 26.8. The first kappa shape index (κ1) is 28.0. The summed E-state index contributed by atoms with van der Waals surface area (Å²) in [6, 6.07) is 2.26. The smallest absolute Gasteiger partial charge is 0.410 e. The van der Waals surface area contributed by atoms with Crippen LogP contribution in [0.25, 0.3) is 11.0 Å². The molecule has 2 aromatic rings. The lowest BCUT2D eigenvalue weighted by Crippen LogP contribution is -2.43. The molecule has 1 fully saturated rings. The third-order valence-electron chi connectivity index (χ3n) is 7.38. The van der Waals surface area contributed by atoms with Gasteiger partial charge in [-0.05, 0) is 56.3 Å². The maximum Gasteiger partial charge on any atom is 0.410 e. The average Bonchev–Trinajstić information content (AvgIpc) is 3.37. The Labute approximate surface area is 218 Å². The first-order chi connectivity index (χ1) is 16.8. The molecule has 3 heterocycles. The van der Waals surface area contributed by atoms with Crippen LogP contribution >= 0.6 is 0 Å². The first-order valence-corrected chi connectivity index (χ1v) is 15.5. The van der Waals surface area contributed by atoms with Gasteiger partial charge in [-0.1, -0.05) is 47.5 Å². The van der Waals surface area contributed by atoms with Crippen LogP contribution in [0.5, 0.6) is 6.01 Å². The molecule has 8 heteroatoms. The van der Waals surface area contributed by atoms with Crippen molar-refractivity contribution in [1.29, 1.82) is 0 Å². The van der Waals surface area contributed by atoms with E-state index in [1.165, 1.54) is 0 Å². The maximum absolute atomic E-state index is 12.7. The van der Waals surface area contributed by atoms with Gasteiger partial charge in [0.1, 0.15) is 31.6 Å². The predicted octanol–water partition coefficient (Wildman–Crippen LogP) is 6.32. The minimum absolute atomic E-state index is 0.0648. The molecule has 1 aliphatic heterocycles. The molecule has 1 amide bonds. The number of rotatable bonds is 6. The number of carbonyl (C=O) groups is 1. The molecule has 0 bridgehead atoms. The number of fused-ring (bicyclic) bond motifs is 1. The molecule has 1 saturated heterocycles. The lowest BCUT2D eigenvalue weighted by Gasteiger charge is -2.38. The lowest BCUT2D eigenvalue weighted by atomic mass is 10.2. The summed E-state index contributed by atoms with van der Waals surface area (Å²) < 4.78 is 13.7. The normalized spacial score (nSPS) is 16.7. The fourth-order valence-corrected chi connectivity index (χ4v) is 10.8. The van der Waals surface area contributed by atoms with Gasteiger partial charge in [0.05, 0.1) is 11.4 Å². The van der Waals surface area contributed by atoms with E-state index in [9.17, 15) is 4.79 Å². The molecule has 1 aliphatic rings. The Morgan fingerprint density at radius 1 is 1.14 bits per heavy atom. The molecule has 0 N–H and O–H groups in total. The summed E-state index contributed by atoms with van der Waals surface area (Å²) in [5.74, 6) is 3.49. The second kappa shape index (κ2) is 10.8. The van der Waals surface area contributed by atoms with E-state index in [2.05, 4.69) is 58.0 Å². The first-order valence-electron chi connectivity index (χ1n) is 13.2. The van der Waals surface area contributed by atoms with E-state index in [1.54, 1.807) is 4.90 Å². The number of carbonyl (C=O) groups excluding carboxylic acids is 1. The fraction of sp³-hybridized carbons (Fsp3) is 0.679. The van der Waals surface area contributed by atoms with Gasteiger partial charge in [0.15, 0.2) is 0 Å². The zero-order valence-electron chi connectivity index (χ0n) is 23.8. The van der Waals surface area contributed by atoms with Gasteiger partial charge < -0.3 is 18.9 Å². The van der Waals surface area contributed by atoms with Crippen LogP contribution in [0.2, 0.25) is 16.6 Å². The number of amides is 1. The molecule has 1 atom stereocenters. The minimum atomic E-state index is -1.92. The number of ether oxygens (including phenoxy) is 2. The van der Waals surface area contributed by atoms with Crippen molar-refractivity contribution < 1.29 is 14.3 Å². The van der Waals surface area contributed by atoms with Crippen LogP contribution in [0, 0.1) is 11.5 Å². The monoisotopic (exact) mass is 512 g/mol. The molecule has 0 spiro atoms. The summed E-state index contributed by atoms with van der Waals surface area (Å²) in [6.07, 6.45) is 3.47. The molecular weight excluding hydrogens is 468 g/mol. The largest absolute Gasteiger partial charge is 0.461 e. The Hall–Kier alpha value is -2.53. The Bertz CT molecular complexity index is 1120. The van der Waals surface area contributed by atoms with Crippen LogP contribution in [0.15, 0.2) is 12.3 Å². The van der Waals surface area contributed by atoms with Crippen LogP contribution in [-0.2, 0) is 11.8 Å². The molecule has 2 aromatic heterocycles. The van der Waals surface area contributed by atoms with Crippen molar-refractivity contribution in [3.63, 3.8) is 0 Å². The van der Waals surface area contributed by atoms with Crippen LogP contribution in [0.1, 0.15) is 80.8 Å². The summed E-state index contributed by atoms with van der Waals surface area (Å²) in [5.41, 5.74) is 6.37. The van der Waals surface area contributed by atoms with E-state index in [-0.39, 0.29) is 12.1 Å². The summed E-state index contributed by atoms with van der Waals surface area (Å²) in [7, 11) is 0.0485. The Kier molecular flexibility index (Phi) is 8.44. The molecule has 7 nitrogen and oxygen atoms in total. The van der Waals surface area contributed by atoms with Crippen molar-refractivity contribution in [3.8, 4) is 17.5 Å². The van der Waals surface area contributed by atoms with Gasteiger partial charge in [0, 0.05) is 19.8 Å². The number of nitrogens with zero attached hydrogens (tertiary/aromatic N) is 4. The quantitative estimate of drug-likeness (QED) is 0.335. The highest BCUT2D eigenvalue weighted by Crippen LogP contribution is 2.41. The second-order valence-electron chi connectivity index (χ2n) is 11.9. The SMILES string of the molecule is CC(C)[Si](C#Cc1nc(OC[C@@H]2CCCN2C(=O)OC(C)(C)C)nc2c1ccn2C)(C(C)C)C(C)C. The summed E-state index contributed by atoms with van der Waals surface area (Å²) in [6.45, 7) is 20.5. The fourth-order valence-electron chi connectivity index (χ4n) is 5.62. The molecule has 3 rings (SSSR count).